The average Bonchev–Trinajstić information content (AvgIpc) is 2.54. The number of allylic oxidation sites excluding steroid dienone is 2. The Bertz CT molecular complexity index is 354. The van der Waals surface area contributed by atoms with E-state index in [0.29, 0.717) is 6.61 Å². The first-order valence-electron chi connectivity index (χ1n) is 5.41. The Hall–Kier alpha value is -1.29. The number of esters is 1. The molecule has 0 radical (unpaired) electrons. The summed E-state index contributed by atoms with van der Waals surface area (Å²) >= 11 is 0. The third-order valence-corrected chi connectivity index (χ3v) is 2.94. The first-order chi connectivity index (χ1) is 7.72. The molecule has 1 saturated heterocycles. The molecular weight excluding hydrogens is 208 g/mol. The number of carbonyl (C=O) groups excluding carboxylic acids is 1. The molecule has 2 aliphatic rings. The van der Waals surface area contributed by atoms with E-state index >= 15 is 0 Å². The lowest BCUT2D eigenvalue weighted by atomic mass is 9.98. The first kappa shape index (κ1) is 11.2. The predicted octanol–water partition coefficient (Wildman–Crippen LogP) is 1.77. The smallest absolute Gasteiger partial charge is 0.334 e. The maximum Gasteiger partial charge on any atom is 0.334 e. The summed E-state index contributed by atoms with van der Waals surface area (Å²) in [7, 11) is 1.59. The summed E-state index contributed by atoms with van der Waals surface area (Å²) in [5.74, 6) is 0.771. The minimum Gasteiger partial charge on any atom is -0.472 e. The van der Waals surface area contributed by atoms with Crippen molar-refractivity contribution in [3.05, 3.63) is 23.0 Å². The molecular formula is C12H16O4. The number of hydrogen-bond donors (Lipinski definition) is 0. The second-order valence-corrected chi connectivity index (χ2v) is 4.08. The Kier molecular flexibility index (Phi) is 3.29. The zero-order valence-corrected chi connectivity index (χ0v) is 9.62. The van der Waals surface area contributed by atoms with Crippen molar-refractivity contribution < 1.29 is 19.0 Å². The number of carbonyl (C=O) groups is 1. The normalized spacial score (nSPS) is 24.8. The van der Waals surface area contributed by atoms with Crippen LogP contribution in [0.25, 0.3) is 0 Å². The maximum absolute atomic E-state index is 11.5. The average molecular weight is 224 g/mol. The molecule has 0 spiro atoms. The lowest BCUT2D eigenvalue weighted by molar-refractivity contribution is -0.135. The molecule has 88 valence electrons. The van der Waals surface area contributed by atoms with Gasteiger partial charge in [-0.15, -0.1) is 0 Å². The highest BCUT2D eigenvalue weighted by molar-refractivity contribution is 5.92. The molecule has 0 saturated carbocycles. The molecule has 0 aromatic rings. The molecule has 1 atom stereocenters. The topological polar surface area (TPSA) is 44.8 Å². The highest BCUT2D eigenvalue weighted by Crippen LogP contribution is 2.33. The van der Waals surface area contributed by atoms with Crippen molar-refractivity contribution in [1.82, 2.24) is 0 Å². The van der Waals surface area contributed by atoms with Crippen LogP contribution in [0.1, 0.15) is 19.8 Å². The molecule has 0 N–H and O–H groups in total. The first-order valence-corrected chi connectivity index (χ1v) is 5.41. The highest BCUT2D eigenvalue weighted by Gasteiger charge is 2.32. The molecule has 0 aromatic carbocycles. The molecule has 0 aromatic heterocycles. The fourth-order valence-electron chi connectivity index (χ4n) is 2.11. The molecule has 1 unspecified atom stereocenters. The van der Waals surface area contributed by atoms with Crippen molar-refractivity contribution in [3.63, 3.8) is 0 Å². The van der Waals surface area contributed by atoms with E-state index in [2.05, 4.69) is 0 Å². The van der Waals surface area contributed by atoms with Gasteiger partial charge in [0.2, 0.25) is 0 Å². The molecule has 1 aliphatic heterocycles. The van der Waals surface area contributed by atoms with Crippen LogP contribution in [0.15, 0.2) is 23.0 Å². The van der Waals surface area contributed by atoms with Crippen LogP contribution in [0.5, 0.6) is 0 Å². The summed E-state index contributed by atoms with van der Waals surface area (Å²) < 4.78 is 15.4. The van der Waals surface area contributed by atoms with E-state index in [1.54, 1.807) is 7.11 Å². The molecule has 16 heavy (non-hydrogen) atoms. The van der Waals surface area contributed by atoms with E-state index in [0.717, 1.165) is 29.7 Å². The van der Waals surface area contributed by atoms with E-state index in [1.165, 1.54) is 0 Å². The third kappa shape index (κ3) is 2.11. The lowest BCUT2D eigenvalue weighted by Gasteiger charge is -2.08. The zero-order valence-electron chi connectivity index (χ0n) is 9.62. The van der Waals surface area contributed by atoms with Crippen LogP contribution in [-0.4, -0.2) is 26.5 Å². The maximum atomic E-state index is 11.5. The van der Waals surface area contributed by atoms with Gasteiger partial charge in [0.25, 0.3) is 0 Å². The molecule has 0 bridgehead atoms. The molecule has 0 amide bonds. The van der Waals surface area contributed by atoms with Crippen LogP contribution in [-0.2, 0) is 19.0 Å². The highest BCUT2D eigenvalue weighted by atomic mass is 16.7. The van der Waals surface area contributed by atoms with Crippen molar-refractivity contribution in [2.24, 2.45) is 5.92 Å². The number of rotatable bonds is 3. The quantitative estimate of drug-likeness (QED) is 0.541. The van der Waals surface area contributed by atoms with Crippen LogP contribution < -0.4 is 0 Å². The van der Waals surface area contributed by atoms with Crippen molar-refractivity contribution in [2.45, 2.75) is 19.8 Å². The fourth-order valence-corrected chi connectivity index (χ4v) is 2.11. The summed E-state index contributed by atoms with van der Waals surface area (Å²) in [6.45, 7) is 2.68. The number of ether oxygens (including phenoxy) is 3. The number of fused-ring (bicyclic) bond motifs is 1. The van der Waals surface area contributed by atoms with E-state index < -0.39 is 0 Å². The Morgan fingerprint density at radius 1 is 1.50 bits per heavy atom. The van der Waals surface area contributed by atoms with E-state index in [1.807, 2.05) is 13.0 Å². The van der Waals surface area contributed by atoms with Gasteiger partial charge in [-0.3, -0.25) is 0 Å². The zero-order chi connectivity index (χ0) is 11.5. The minimum absolute atomic E-state index is 0.0573. The Balaban J connectivity index is 2.15. The second-order valence-electron chi connectivity index (χ2n) is 4.08. The number of hydrogen-bond acceptors (Lipinski definition) is 4. The Morgan fingerprint density at radius 2 is 2.31 bits per heavy atom. The SMILES string of the molecule is COCOC1=CC2COC(=O)C2=C(C)CC1. The summed E-state index contributed by atoms with van der Waals surface area (Å²) in [5.41, 5.74) is 1.93. The molecule has 4 nitrogen and oxygen atoms in total. The van der Waals surface area contributed by atoms with Gasteiger partial charge in [0, 0.05) is 25.0 Å². The standard InChI is InChI=1S/C12H16O4/c1-8-3-4-10(16-7-14-2)5-9-6-15-12(13)11(8)9/h5,9H,3-4,6-7H2,1-2H3. The molecule has 4 heteroatoms. The fraction of sp³-hybridized carbons (Fsp3) is 0.583. The summed E-state index contributed by atoms with van der Waals surface area (Å²) in [4.78, 5) is 11.5. The van der Waals surface area contributed by atoms with Crippen molar-refractivity contribution in [1.29, 1.82) is 0 Å². The van der Waals surface area contributed by atoms with Gasteiger partial charge in [0.15, 0.2) is 6.79 Å². The summed E-state index contributed by atoms with van der Waals surface area (Å²) in [6, 6.07) is 0. The third-order valence-electron chi connectivity index (χ3n) is 2.94. The number of cyclic esters (lactones) is 1. The van der Waals surface area contributed by atoms with E-state index in [4.69, 9.17) is 14.2 Å². The number of methoxy groups -OCH3 is 1. The second kappa shape index (κ2) is 4.70. The Labute approximate surface area is 94.9 Å². The van der Waals surface area contributed by atoms with E-state index in [9.17, 15) is 4.79 Å². The molecule has 2 rings (SSSR count). The van der Waals surface area contributed by atoms with Crippen molar-refractivity contribution >= 4 is 5.97 Å². The molecule has 1 fully saturated rings. The lowest BCUT2D eigenvalue weighted by Crippen LogP contribution is -2.03. The van der Waals surface area contributed by atoms with Gasteiger partial charge in [-0.1, -0.05) is 5.57 Å². The van der Waals surface area contributed by atoms with E-state index in [-0.39, 0.29) is 18.7 Å². The van der Waals surface area contributed by atoms with Gasteiger partial charge in [0.05, 0.1) is 5.76 Å². The van der Waals surface area contributed by atoms with Crippen LogP contribution in [0, 0.1) is 5.92 Å². The van der Waals surface area contributed by atoms with Crippen molar-refractivity contribution in [3.8, 4) is 0 Å². The van der Waals surface area contributed by atoms with Gasteiger partial charge >= 0.3 is 5.97 Å². The van der Waals surface area contributed by atoms with Gasteiger partial charge in [-0.2, -0.15) is 0 Å². The Morgan fingerprint density at radius 3 is 3.06 bits per heavy atom. The molecule has 1 aliphatic carbocycles. The van der Waals surface area contributed by atoms with Crippen LogP contribution >= 0.6 is 0 Å². The van der Waals surface area contributed by atoms with Gasteiger partial charge < -0.3 is 14.2 Å². The summed E-state index contributed by atoms with van der Waals surface area (Å²) in [5, 5.41) is 0. The minimum atomic E-state index is -0.174. The van der Waals surface area contributed by atoms with Gasteiger partial charge in [0.1, 0.15) is 6.61 Å². The largest absolute Gasteiger partial charge is 0.472 e. The monoisotopic (exact) mass is 224 g/mol. The van der Waals surface area contributed by atoms with Crippen molar-refractivity contribution in [2.75, 3.05) is 20.5 Å². The van der Waals surface area contributed by atoms with Gasteiger partial charge in [-0.05, 0) is 19.4 Å². The molecule has 1 heterocycles. The van der Waals surface area contributed by atoms with Crippen LogP contribution in [0.4, 0.5) is 0 Å². The van der Waals surface area contributed by atoms with Crippen LogP contribution in [0.3, 0.4) is 0 Å². The predicted molar refractivity (Wildman–Crippen MR) is 57.4 cm³/mol. The van der Waals surface area contributed by atoms with Crippen LogP contribution in [0.2, 0.25) is 0 Å². The summed E-state index contributed by atoms with van der Waals surface area (Å²) in [6.07, 6.45) is 3.65. The van der Waals surface area contributed by atoms with Gasteiger partial charge in [-0.25, -0.2) is 4.79 Å².